The summed E-state index contributed by atoms with van der Waals surface area (Å²) in [5.41, 5.74) is 0.591. The zero-order valence-electron chi connectivity index (χ0n) is 11.1. The summed E-state index contributed by atoms with van der Waals surface area (Å²) in [7, 11) is -3.43. The fraction of sp³-hybridized carbons (Fsp3) is 0.462. The van der Waals surface area contributed by atoms with Crippen molar-refractivity contribution in [2.24, 2.45) is 10.9 Å². The fourth-order valence-electron chi connectivity index (χ4n) is 1.55. The molecule has 0 saturated carbocycles. The largest absolute Gasteiger partial charge is 0.240 e. The third-order valence-corrected chi connectivity index (χ3v) is 4.14. The second-order valence-electron chi connectivity index (χ2n) is 4.63. The van der Waals surface area contributed by atoms with E-state index in [0.29, 0.717) is 18.2 Å². The highest BCUT2D eigenvalue weighted by atomic mass is 32.2. The Kier molecular flexibility index (Phi) is 6.31. The molecule has 6 heteroatoms. The molecule has 0 aliphatic heterocycles. The Morgan fingerprint density at radius 3 is 2.47 bits per heavy atom. The summed E-state index contributed by atoms with van der Waals surface area (Å²) >= 11 is 4.48. The van der Waals surface area contributed by atoms with Gasteiger partial charge in [0, 0.05) is 6.54 Å². The van der Waals surface area contributed by atoms with Gasteiger partial charge in [0.15, 0.2) is 0 Å². The van der Waals surface area contributed by atoms with Gasteiger partial charge in [0.05, 0.1) is 15.7 Å². The minimum absolute atomic E-state index is 0.236. The molecule has 0 aliphatic carbocycles. The third kappa shape index (κ3) is 5.61. The summed E-state index contributed by atoms with van der Waals surface area (Å²) in [5.74, 6) is 0.580. The van der Waals surface area contributed by atoms with Crippen LogP contribution in [0.4, 0.5) is 5.69 Å². The highest BCUT2D eigenvalue weighted by molar-refractivity contribution is 7.89. The van der Waals surface area contributed by atoms with Crippen molar-refractivity contribution in [2.75, 3.05) is 6.54 Å². The van der Waals surface area contributed by atoms with E-state index in [1.165, 1.54) is 12.1 Å². The lowest BCUT2D eigenvalue weighted by Crippen LogP contribution is -2.24. The minimum Gasteiger partial charge on any atom is -0.211 e. The van der Waals surface area contributed by atoms with E-state index in [1.807, 2.05) is 0 Å². The lowest BCUT2D eigenvalue weighted by Gasteiger charge is -2.08. The third-order valence-electron chi connectivity index (χ3n) is 2.57. The molecule has 0 radical (unpaired) electrons. The molecule has 0 heterocycles. The van der Waals surface area contributed by atoms with Crippen LogP contribution in [0.1, 0.15) is 26.7 Å². The van der Waals surface area contributed by atoms with E-state index in [9.17, 15) is 8.42 Å². The molecule has 0 bridgehead atoms. The maximum atomic E-state index is 12.0. The van der Waals surface area contributed by atoms with Crippen molar-refractivity contribution in [3.05, 3.63) is 24.3 Å². The molecule has 1 aromatic carbocycles. The molecule has 0 aliphatic rings. The van der Waals surface area contributed by atoms with Crippen molar-refractivity contribution in [3.63, 3.8) is 0 Å². The highest BCUT2D eigenvalue weighted by Gasteiger charge is 2.12. The SMILES string of the molecule is CC(C)CCCNS(=O)(=O)c1ccc(N=C=S)cc1. The summed E-state index contributed by atoms with van der Waals surface area (Å²) in [4.78, 5) is 4.01. The summed E-state index contributed by atoms with van der Waals surface area (Å²) in [6, 6.07) is 6.22. The first-order valence-corrected chi connectivity index (χ1v) is 8.02. The number of rotatable bonds is 7. The minimum atomic E-state index is -3.43. The lowest BCUT2D eigenvalue weighted by molar-refractivity contribution is 0.540. The number of isothiocyanates is 1. The van der Waals surface area contributed by atoms with Gasteiger partial charge in [-0.25, -0.2) is 13.1 Å². The Morgan fingerprint density at radius 1 is 1.32 bits per heavy atom. The molecule has 0 fully saturated rings. The molecule has 104 valence electrons. The Labute approximate surface area is 120 Å². The molecule has 0 spiro atoms. The highest BCUT2D eigenvalue weighted by Crippen LogP contribution is 2.16. The summed E-state index contributed by atoms with van der Waals surface area (Å²) in [6.07, 6.45) is 1.84. The van der Waals surface area contributed by atoms with Gasteiger partial charge in [-0.2, -0.15) is 4.99 Å². The maximum absolute atomic E-state index is 12.0. The van der Waals surface area contributed by atoms with E-state index in [4.69, 9.17) is 0 Å². The van der Waals surface area contributed by atoms with Crippen LogP contribution < -0.4 is 4.72 Å². The van der Waals surface area contributed by atoms with Crippen LogP contribution in [-0.4, -0.2) is 20.1 Å². The fourth-order valence-corrected chi connectivity index (χ4v) is 2.73. The van der Waals surface area contributed by atoms with Crippen molar-refractivity contribution < 1.29 is 8.42 Å². The topological polar surface area (TPSA) is 58.5 Å². The van der Waals surface area contributed by atoms with Gasteiger partial charge in [-0.05, 0) is 55.2 Å². The number of aliphatic imine (C=N–C) groups is 1. The smallest absolute Gasteiger partial charge is 0.211 e. The van der Waals surface area contributed by atoms with Gasteiger partial charge in [-0.15, -0.1) is 0 Å². The van der Waals surface area contributed by atoms with Crippen molar-refractivity contribution in [1.29, 1.82) is 0 Å². The molecule has 4 nitrogen and oxygen atoms in total. The normalized spacial score (nSPS) is 11.3. The molecule has 0 atom stereocenters. The summed E-state index contributed by atoms with van der Waals surface area (Å²) in [6.45, 7) is 4.69. The van der Waals surface area contributed by atoms with Crippen LogP contribution >= 0.6 is 12.2 Å². The van der Waals surface area contributed by atoms with E-state index in [1.54, 1.807) is 12.1 Å². The number of nitrogens with one attached hydrogen (secondary N) is 1. The van der Waals surface area contributed by atoms with Crippen LogP contribution in [0.3, 0.4) is 0 Å². The Morgan fingerprint density at radius 2 is 1.95 bits per heavy atom. The van der Waals surface area contributed by atoms with Gasteiger partial charge in [0.25, 0.3) is 0 Å². The van der Waals surface area contributed by atoms with Crippen LogP contribution in [0, 0.1) is 5.92 Å². The first kappa shape index (κ1) is 16.0. The predicted molar refractivity (Wildman–Crippen MR) is 80.4 cm³/mol. The van der Waals surface area contributed by atoms with Crippen LogP contribution in [0.2, 0.25) is 0 Å². The van der Waals surface area contributed by atoms with E-state index in [-0.39, 0.29) is 4.90 Å². The number of sulfonamides is 1. The Bertz CT molecular complexity index is 545. The molecule has 0 saturated heterocycles. The molecule has 1 rings (SSSR count). The summed E-state index contributed by atoms with van der Waals surface area (Å²) < 4.78 is 26.5. The van der Waals surface area contributed by atoms with E-state index < -0.39 is 10.0 Å². The number of benzene rings is 1. The van der Waals surface area contributed by atoms with Gasteiger partial charge in [0.1, 0.15) is 0 Å². The zero-order valence-corrected chi connectivity index (χ0v) is 12.7. The van der Waals surface area contributed by atoms with Crippen LogP contribution in [0.25, 0.3) is 0 Å². The second-order valence-corrected chi connectivity index (χ2v) is 6.58. The van der Waals surface area contributed by atoms with Crippen LogP contribution in [-0.2, 0) is 10.0 Å². The second kappa shape index (κ2) is 7.50. The number of thiocarbonyl (C=S) groups is 1. The number of hydrogen-bond acceptors (Lipinski definition) is 4. The van der Waals surface area contributed by atoms with Crippen molar-refractivity contribution in [3.8, 4) is 0 Å². The van der Waals surface area contributed by atoms with E-state index >= 15 is 0 Å². The van der Waals surface area contributed by atoms with E-state index in [2.05, 4.69) is 40.9 Å². The molecule has 1 aromatic rings. The number of hydrogen-bond donors (Lipinski definition) is 1. The molecule has 0 unspecified atom stereocenters. The lowest BCUT2D eigenvalue weighted by atomic mass is 10.1. The van der Waals surface area contributed by atoms with Gasteiger partial charge in [-0.3, -0.25) is 0 Å². The average Bonchev–Trinajstić information content (AvgIpc) is 2.36. The first-order valence-electron chi connectivity index (χ1n) is 6.13. The zero-order chi connectivity index (χ0) is 14.3. The summed E-state index contributed by atoms with van der Waals surface area (Å²) in [5, 5.41) is 2.24. The van der Waals surface area contributed by atoms with Crippen molar-refractivity contribution >= 4 is 33.1 Å². The van der Waals surface area contributed by atoms with Crippen LogP contribution in [0.15, 0.2) is 34.2 Å². The van der Waals surface area contributed by atoms with Gasteiger partial charge in [0.2, 0.25) is 10.0 Å². The Hall–Kier alpha value is -1.07. The van der Waals surface area contributed by atoms with Crippen molar-refractivity contribution in [1.82, 2.24) is 4.72 Å². The Balaban J connectivity index is 2.64. The molecule has 1 N–H and O–H groups in total. The maximum Gasteiger partial charge on any atom is 0.240 e. The van der Waals surface area contributed by atoms with Gasteiger partial charge < -0.3 is 0 Å². The van der Waals surface area contributed by atoms with E-state index in [0.717, 1.165) is 12.8 Å². The quantitative estimate of drug-likeness (QED) is 0.478. The first-order chi connectivity index (χ1) is 8.95. The average molecular weight is 298 g/mol. The standard InChI is InChI=1S/C13H18N2O2S2/c1-11(2)4-3-9-15-19(16,17)13-7-5-12(6-8-13)14-10-18/h5-8,11,15H,3-4,9H2,1-2H3. The predicted octanol–water partition coefficient (Wildman–Crippen LogP) is 3.14. The molecule has 19 heavy (non-hydrogen) atoms. The van der Waals surface area contributed by atoms with Gasteiger partial charge in [-0.1, -0.05) is 13.8 Å². The number of nitrogens with zero attached hydrogens (tertiary/aromatic N) is 1. The monoisotopic (exact) mass is 298 g/mol. The molecular formula is C13H18N2O2S2. The molecule has 0 amide bonds. The van der Waals surface area contributed by atoms with Crippen molar-refractivity contribution in [2.45, 2.75) is 31.6 Å². The van der Waals surface area contributed by atoms with Crippen LogP contribution in [0.5, 0.6) is 0 Å². The molecule has 0 aromatic heterocycles. The van der Waals surface area contributed by atoms with Gasteiger partial charge >= 0.3 is 0 Å². The molecular weight excluding hydrogens is 280 g/mol.